The number of halogens is 2. The minimum absolute atomic E-state index is 0.214. The number of ether oxygens (including phenoxy) is 1. The lowest BCUT2D eigenvalue weighted by molar-refractivity contribution is 0.0250. The summed E-state index contributed by atoms with van der Waals surface area (Å²) in [4.78, 5) is 24.0. The lowest BCUT2D eigenvalue weighted by Crippen LogP contribution is -2.37. The number of anilines is 1. The number of amides is 3. The molecule has 0 spiro atoms. The fourth-order valence-electron chi connectivity index (χ4n) is 3.95. The highest BCUT2D eigenvalue weighted by molar-refractivity contribution is 6.08. The van der Waals surface area contributed by atoms with Crippen LogP contribution in [0.3, 0.4) is 0 Å². The van der Waals surface area contributed by atoms with Gasteiger partial charge >= 0.3 is 6.03 Å². The summed E-state index contributed by atoms with van der Waals surface area (Å²) in [6, 6.07) is 8.93. The van der Waals surface area contributed by atoms with E-state index in [0.29, 0.717) is 17.4 Å². The number of nitrogens with one attached hydrogen (secondary N) is 2. The Morgan fingerprint density at radius 1 is 1.03 bits per heavy atom. The number of hydrogen-bond acceptors (Lipinski definition) is 3. The van der Waals surface area contributed by atoms with Crippen LogP contribution in [0.1, 0.15) is 56.8 Å². The molecule has 2 aromatic rings. The Labute approximate surface area is 181 Å². The van der Waals surface area contributed by atoms with Gasteiger partial charge in [-0.1, -0.05) is 19.9 Å². The third-order valence-electron chi connectivity index (χ3n) is 5.92. The van der Waals surface area contributed by atoms with Crippen LogP contribution in [0.15, 0.2) is 42.5 Å². The molecule has 1 aliphatic carbocycles. The smallest absolute Gasteiger partial charge is 0.326 e. The lowest BCUT2D eigenvalue weighted by Gasteiger charge is -2.39. The largest absolute Gasteiger partial charge is 0.488 e. The van der Waals surface area contributed by atoms with Gasteiger partial charge in [0.25, 0.3) is 5.91 Å². The molecule has 5 nitrogen and oxygen atoms in total. The van der Waals surface area contributed by atoms with Crippen molar-refractivity contribution in [2.45, 2.75) is 52.1 Å². The highest BCUT2D eigenvalue weighted by atomic mass is 19.1. The first kappa shape index (κ1) is 22.7. The molecule has 0 bridgehead atoms. The van der Waals surface area contributed by atoms with Gasteiger partial charge in [-0.15, -0.1) is 0 Å². The molecule has 7 heteroatoms. The minimum atomic E-state index is -1.15. The van der Waals surface area contributed by atoms with Crippen molar-refractivity contribution in [2.75, 3.05) is 5.32 Å². The van der Waals surface area contributed by atoms with E-state index >= 15 is 0 Å². The zero-order valence-corrected chi connectivity index (χ0v) is 18.0. The average molecular weight is 430 g/mol. The summed E-state index contributed by atoms with van der Waals surface area (Å²) < 4.78 is 33.5. The molecular weight excluding hydrogens is 402 g/mol. The second-order valence-electron chi connectivity index (χ2n) is 8.66. The molecule has 2 aromatic carbocycles. The van der Waals surface area contributed by atoms with Gasteiger partial charge in [-0.2, -0.15) is 0 Å². The van der Waals surface area contributed by atoms with E-state index in [1.54, 1.807) is 24.3 Å². The van der Waals surface area contributed by atoms with Crippen molar-refractivity contribution in [3.63, 3.8) is 0 Å². The van der Waals surface area contributed by atoms with Gasteiger partial charge < -0.3 is 10.1 Å². The number of imide groups is 1. The standard InChI is InChI=1S/C24H28F2N2O3/c1-15(2)16-11-13-24(3,14-12-16)31-18-9-7-17(8-10-18)27-23(30)28-22(29)21-19(25)5-4-6-20(21)26/h4-10,15-16H,11-14H2,1-3H3,(H2,27,28,29,30). The molecule has 2 N–H and O–H groups in total. The Kier molecular flexibility index (Phi) is 6.93. The SMILES string of the molecule is CC(C)C1CCC(C)(Oc2ccc(NC(=O)NC(=O)c3c(F)cccc3F)cc2)CC1. The van der Waals surface area contributed by atoms with E-state index in [4.69, 9.17) is 4.74 Å². The third-order valence-corrected chi connectivity index (χ3v) is 5.92. The molecule has 1 aliphatic rings. The van der Waals surface area contributed by atoms with E-state index in [-0.39, 0.29) is 5.60 Å². The van der Waals surface area contributed by atoms with Crippen molar-refractivity contribution in [1.29, 1.82) is 0 Å². The predicted molar refractivity (Wildman–Crippen MR) is 115 cm³/mol. The first-order valence-electron chi connectivity index (χ1n) is 10.5. The molecular formula is C24H28F2N2O3. The van der Waals surface area contributed by atoms with Crippen LogP contribution in [0.2, 0.25) is 0 Å². The van der Waals surface area contributed by atoms with Crippen LogP contribution >= 0.6 is 0 Å². The van der Waals surface area contributed by atoms with Crippen LogP contribution in [0.4, 0.5) is 19.3 Å². The molecule has 0 aliphatic heterocycles. The summed E-state index contributed by atoms with van der Waals surface area (Å²) in [5.41, 5.74) is -0.601. The first-order chi connectivity index (χ1) is 14.7. The van der Waals surface area contributed by atoms with Crippen molar-refractivity contribution in [2.24, 2.45) is 11.8 Å². The molecule has 31 heavy (non-hydrogen) atoms. The van der Waals surface area contributed by atoms with E-state index < -0.39 is 29.1 Å². The fourth-order valence-corrected chi connectivity index (χ4v) is 3.95. The molecule has 0 radical (unpaired) electrons. The van der Waals surface area contributed by atoms with Crippen LogP contribution in [-0.4, -0.2) is 17.5 Å². The molecule has 3 rings (SSSR count). The summed E-state index contributed by atoms with van der Waals surface area (Å²) in [5.74, 6) is -1.12. The highest BCUT2D eigenvalue weighted by Gasteiger charge is 2.33. The summed E-state index contributed by atoms with van der Waals surface area (Å²) in [6.45, 7) is 6.64. The van der Waals surface area contributed by atoms with Gasteiger partial charge in [0.1, 0.15) is 28.5 Å². The number of carbonyl (C=O) groups excluding carboxylic acids is 2. The van der Waals surface area contributed by atoms with Gasteiger partial charge in [0.05, 0.1) is 0 Å². The number of carbonyl (C=O) groups is 2. The van der Waals surface area contributed by atoms with Gasteiger partial charge in [0, 0.05) is 5.69 Å². The Hall–Kier alpha value is -2.96. The molecule has 0 atom stereocenters. The maximum atomic E-state index is 13.7. The van der Waals surface area contributed by atoms with Crippen molar-refractivity contribution in [1.82, 2.24) is 5.32 Å². The van der Waals surface area contributed by atoms with E-state index in [9.17, 15) is 18.4 Å². The molecule has 0 heterocycles. The zero-order valence-electron chi connectivity index (χ0n) is 18.0. The van der Waals surface area contributed by atoms with E-state index in [1.807, 2.05) is 5.32 Å². The van der Waals surface area contributed by atoms with Crippen molar-refractivity contribution in [3.05, 3.63) is 59.7 Å². The van der Waals surface area contributed by atoms with E-state index in [2.05, 4.69) is 26.1 Å². The average Bonchev–Trinajstić information content (AvgIpc) is 2.69. The summed E-state index contributed by atoms with van der Waals surface area (Å²) in [5, 5.41) is 4.39. The Bertz CT molecular complexity index is 916. The Morgan fingerprint density at radius 3 is 2.16 bits per heavy atom. The number of rotatable bonds is 5. The van der Waals surface area contributed by atoms with Gasteiger partial charge in [0.2, 0.25) is 0 Å². The fraction of sp³-hybridized carbons (Fsp3) is 0.417. The maximum absolute atomic E-state index is 13.7. The van der Waals surface area contributed by atoms with Gasteiger partial charge in [0.15, 0.2) is 0 Å². The summed E-state index contributed by atoms with van der Waals surface area (Å²) in [6.07, 6.45) is 4.27. The third kappa shape index (κ3) is 5.81. The van der Waals surface area contributed by atoms with Crippen LogP contribution in [0.5, 0.6) is 5.75 Å². The molecule has 0 unspecified atom stereocenters. The minimum Gasteiger partial charge on any atom is -0.488 e. The lowest BCUT2D eigenvalue weighted by atomic mass is 9.75. The number of urea groups is 1. The van der Waals surface area contributed by atoms with Crippen LogP contribution in [0, 0.1) is 23.5 Å². The highest BCUT2D eigenvalue weighted by Crippen LogP contribution is 2.38. The van der Waals surface area contributed by atoms with Crippen molar-refractivity contribution >= 4 is 17.6 Å². The Morgan fingerprint density at radius 2 is 1.61 bits per heavy atom. The van der Waals surface area contributed by atoms with Crippen molar-refractivity contribution in [3.8, 4) is 5.75 Å². The van der Waals surface area contributed by atoms with Gasteiger partial charge in [-0.25, -0.2) is 13.6 Å². The quantitative estimate of drug-likeness (QED) is 0.620. The van der Waals surface area contributed by atoms with Crippen molar-refractivity contribution < 1.29 is 23.1 Å². The van der Waals surface area contributed by atoms with Crippen LogP contribution in [0.25, 0.3) is 0 Å². The molecule has 3 amide bonds. The second-order valence-corrected chi connectivity index (χ2v) is 8.66. The summed E-state index contributed by atoms with van der Waals surface area (Å²) in [7, 11) is 0. The first-order valence-corrected chi connectivity index (χ1v) is 10.5. The Balaban J connectivity index is 1.54. The van der Waals surface area contributed by atoms with E-state index in [1.165, 1.54) is 0 Å². The van der Waals surface area contributed by atoms with Gasteiger partial charge in [-0.3, -0.25) is 10.1 Å². The van der Waals surface area contributed by atoms with Gasteiger partial charge in [-0.05, 0) is 80.8 Å². The van der Waals surface area contributed by atoms with Crippen LogP contribution in [-0.2, 0) is 0 Å². The molecule has 1 saturated carbocycles. The predicted octanol–water partition coefficient (Wildman–Crippen LogP) is 5.91. The normalized spacial score (nSPS) is 20.9. The number of hydrogen-bond donors (Lipinski definition) is 2. The summed E-state index contributed by atoms with van der Waals surface area (Å²) >= 11 is 0. The molecule has 1 fully saturated rings. The molecule has 166 valence electrons. The molecule has 0 saturated heterocycles. The monoisotopic (exact) mass is 430 g/mol. The number of benzene rings is 2. The van der Waals surface area contributed by atoms with Crippen LogP contribution < -0.4 is 15.4 Å². The topological polar surface area (TPSA) is 67.4 Å². The maximum Gasteiger partial charge on any atom is 0.326 e. The second kappa shape index (κ2) is 9.45. The van der Waals surface area contributed by atoms with E-state index in [0.717, 1.165) is 49.8 Å². The zero-order chi connectivity index (χ0) is 22.6. The molecule has 0 aromatic heterocycles.